The van der Waals surface area contributed by atoms with E-state index in [2.05, 4.69) is 10.6 Å². The number of benzene rings is 2. The van der Waals surface area contributed by atoms with Crippen molar-refractivity contribution in [3.05, 3.63) is 64.7 Å². The van der Waals surface area contributed by atoms with E-state index in [0.717, 1.165) is 5.56 Å². The predicted molar refractivity (Wildman–Crippen MR) is 107 cm³/mol. The van der Waals surface area contributed by atoms with Crippen LogP contribution in [0.15, 0.2) is 48.5 Å². The molecule has 27 heavy (non-hydrogen) atoms. The number of halogens is 1. The normalized spacial score (nSPS) is 13.0. The van der Waals surface area contributed by atoms with Crippen LogP contribution in [0.5, 0.6) is 5.75 Å². The third-order valence-electron chi connectivity index (χ3n) is 4.30. The summed E-state index contributed by atoms with van der Waals surface area (Å²) in [5.41, 5.74) is 1.37. The summed E-state index contributed by atoms with van der Waals surface area (Å²) in [6.07, 6.45) is 0. The van der Waals surface area contributed by atoms with Crippen LogP contribution in [-0.4, -0.2) is 25.0 Å². The summed E-state index contributed by atoms with van der Waals surface area (Å²) in [6.45, 7) is 5.66. The van der Waals surface area contributed by atoms with Gasteiger partial charge in [0.2, 0.25) is 5.91 Å². The van der Waals surface area contributed by atoms with Crippen molar-refractivity contribution in [3.8, 4) is 5.75 Å². The van der Waals surface area contributed by atoms with Gasteiger partial charge in [-0.25, -0.2) is 0 Å². The number of nitrogens with one attached hydrogen (secondary N) is 2. The molecule has 6 heteroatoms. The Labute approximate surface area is 165 Å². The zero-order valence-corrected chi connectivity index (χ0v) is 16.7. The smallest absolute Gasteiger partial charge is 0.251 e. The molecule has 2 aromatic carbocycles. The van der Waals surface area contributed by atoms with Crippen molar-refractivity contribution in [2.75, 3.05) is 7.11 Å². The van der Waals surface area contributed by atoms with Gasteiger partial charge in [0.25, 0.3) is 5.91 Å². The SMILES string of the molecule is COc1ccc(C(=O)NC(C(=O)NC(C)c2cccc(Cl)c2)C(C)C)cc1. The average molecular weight is 389 g/mol. The first kappa shape index (κ1) is 20.8. The molecule has 0 aromatic heterocycles. The quantitative estimate of drug-likeness (QED) is 0.753. The zero-order chi connectivity index (χ0) is 20.0. The monoisotopic (exact) mass is 388 g/mol. The fraction of sp³-hybridized carbons (Fsp3) is 0.333. The number of ether oxygens (including phenoxy) is 1. The van der Waals surface area contributed by atoms with E-state index in [1.807, 2.05) is 39.0 Å². The van der Waals surface area contributed by atoms with Crippen LogP contribution in [0.25, 0.3) is 0 Å². The Kier molecular flexibility index (Phi) is 7.25. The van der Waals surface area contributed by atoms with E-state index in [0.29, 0.717) is 16.3 Å². The fourth-order valence-electron chi connectivity index (χ4n) is 2.66. The van der Waals surface area contributed by atoms with Gasteiger partial charge < -0.3 is 15.4 Å². The van der Waals surface area contributed by atoms with Gasteiger partial charge in [-0.2, -0.15) is 0 Å². The van der Waals surface area contributed by atoms with Crippen molar-refractivity contribution >= 4 is 23.4 Å². The van der Waals surface area contributed by atoms with Gasteiger partial charge in [0.1, 0.15) is 11.8 Å². The minimum absolute atomic E-state index is 0.0706. The van der Waals surface area contributed by atoms with Crippen LogP contribution in [0.1, 0.15) is 42.7 Å². The van der Waals surface area contributed by atoms with Crippen LogP contribution in [0.3, 0.4) is 0 Å². The number of rotatable bonds is 7. The van der Waals surface area contributed by atoms with Gasteiger partial charge in [0.15, 0.2) is 0 Å². The molecule has 2 N–H and O–H groups in total. The highest BCUT2D eigenvalue weighted by molar-refractivity contribution is 6.30. The van der Waals surface area contributed by atoms with Gasteiger partial charge in [-0.3, -0.25) is 9.59 Å². The Bertz CT molecular complexity index is 790. The van der Waals surface area contributed by atoms with Crippen LogP contribution in [-0.2, 0) is 4.79 Å². The first-order valence-electron chi connectivity index (χ1n) is 8.82. The lowest BCUT2D eigenvalue weighted by Gasteiger charge is -2.24. The molecule has 0 aliphatic heterocycles. The summed E-state index contributed by atoms with van der Waals surface area (Å²) in [6, 6.07) is 13.2. The lowest BCUT2D eigenvalue weighted by Crippen LogP contribution is -2.50. The summed E-state index contributed by atoms with van der Waals surface area (Å²) in [5.74, 6) is 0.0556. The molecule has 0 bridgehead atoms. The molecule has 0 spiro atoms. The van der Waals surface area contributed by atoms with Crippen molar-refractivity contribution in [1.29, 1.82) is 0 Å². The Hall–Kier alpha value is -2.53. The highest BCUT2D eigenvalue weighted by atomic mass is 35.5. The molecule has 0 aliphatic carbocycles. The maximum Gasteiger partial charge on any atom is 0.251 e. The predicted octanol–water partition coefficient (Wildman–Crippen LogP) is 3.98. The highest BCUT2D eigenvalue weighted by Gasteiger charge is 2.26. The molecule has 2 amide bonds. The summed E-state index contributed by atoms with van der Waals surface area (Å²) >= 11 is 6.02. The summed E-state index contributed by atoms with van der Waals surface area (Å²) in [7, 11) is 1.56. The minimum Gasteiger partial charge on any atom is -0.497 e. The Morgan fingerprint density at radius 1 is 1.00 bits per heavy atom. The largest absolute Gasteiger partial charge is 0.497 e. The molecule has 2 aromatic rings. The van der Waals surface area contributed by atoms with Gasteiger partial charge in [-0.05, 0) is 54.8 Å². The molecule has 2 atom stereocenters. The van der Waals surface area contributed by atoms with Gasteiger partial charge in [0, 0.05) is 10.6 Å². The third-order valence-corrected chi connectivity index (χ3v) is 4.53. The molecule has 0 radical (unpaired) electrons. The standard InChI is InChI=1S/C21H25ClN2O3/c1-13(2)19(24-20(25)15-8-10-18(27-4)11-9-15)21(26)23-14(3)16-6-5-7-17(22)12-16/h5-14,19H,1-4H3,(H,23,26)(H,24,25). The van der Waals surface area contributed by atoms with Crippen LogP contribution in [0, 0.1) is 5.92 Å². The summed E-state index contributed by atoms with van der Waals surface area (Å²) < 4.78 is 5.10. The van der Waals surface area contributed by atoms with Crippen molar-refractivity contribution < 1.29 is 14.3 Å². The molecule has 0 heterocycles. The van der Waals surface area contributed by atoms with Crippen LogP contribution in [0.4, 0.5) is 0 Å². The van der Waals surface area contributed by atoms with Crippen LogP contribution >= 0.6 is 11.6 Å². The Morgan fingerprint density at radius 3 is 2.22 bits per heavy atom. The number of methoxy groups -OCH3 is 1. The molecule has 5 nitrogen and oxygen atoms in total. The Morgan fingerprint density at radius 2 is 1.67 bits per heavy atom. The van der Waals surface area contributed by atoms with E-state index in [4.69, 9.17) is 16.3 Å². The number of carbonyl (C=O) groups is 2. The Balaban J connectivity index is 2.06. The lowest BCUT2D eigenvalue weighted by atomic mass is 10.0. The second kappa shape index (κ2) is 9.42. The lowest BCUT2D eigenvalue weighted by molar-refractivity contribution is -0.124. The molecule has 2 unspecified atom stereocenters. The van der Waals surface area contributed by atoms with Crippen molar-refractivity contribution in [2.45, 2.75) is 32.9 Å². The van der Waals surface area contributed by atoms with Crippen LogP contribution in [0.2, 0.25) is 5.02 Å². The fourth-order valence-corrected chi connectivity index (χ4v) is 2.86. The molecule has 0 fully saturated rings. The second-order valence-electron chi connectivity index (χ2n) is 6.71. The molecular formula is C21H25ClN2O3. The molecule has 0 aliphatic rings. The molecule has 0 saturated heterocycles. The molecular weight excluding hydrogens is 364 g/mol. The zero-order valence-electron chi connectivity index (χ0n) is 16.0. The third kappa shape index (κ3) is 5.73. The average Bonchev–Trinajstić information content (AvgIpc) is 2.65. The number of hydrogen-bond acceptors (Lipinski definition) is 3. The topological polar surface area (TPSA) is 67.4 Å². The molecule has 144 valence electrons. The number of amides is 2. The highest BCUT2D eigenvalue weighted by Crippen LogP contribution is 2.18. The summed E-state index contributed by atoms with van der Waals surface area (Å²) in [5, 5.41) is 6.38. The van der Waals surface area contributed by atoms with Crippen LogP contribution < -0.4 is 15.4 Å². The summed E-state index contributed by atoms with van der Waals surface area (Å²) in [4.78, 5) is 25.3. The van der Waals surface area contributed by atoms with Gasteiger partial charge in [0.05, 0.1) is 13.2 Å². The van der Waals surface area contributed by atoms with E-state index in [1.165, 1.54) is 0 Å². The van der Waals surface area contributed by atoms with E-state index < -0.39 is 6.04 Å². The molecule has 0 saturated carbocycles. The first-order chi connectivity index (χ1) is 12.8. The van der Waals surface area contributed by atoms with Crippen molar-refractivity contribution in [2.24, 2.45) is 5.92 Å². The van der Waals surface area contributed by atoms with E-state index >= 15 is 0 Å². The molecule has 2 rings (SSSR count). The number of carbonyl (C=O) groups excluding carboxylic acids is 2. The van der Waals surface area contributed by atoms with Gasteiger partial charge >= 0.3 is 0 Å². The van der Waals surface area contributed by atoms with Gasteiger partial charge in [-0.1, -0.05) is 37.6 Å². The maximum absolute atomic E-state index is 12.7. The minimum atomic E-state index is -0.652. The van der Waals surface area contributed by atoms with Crippen molar-refractivity contribution in [3.63, 3.8) is 0 Å². The van der Waals surface area contributed by atoms with Crippen molar-refractivity contribution in [1.82, 2.24) is 10.6 Å². The first-order valence-corrected chi connectivity index (χ1v) is 9.20. The van der Waals surface area contributed by atoms with E-state index in [9.17, 15) is 9.59 Å². The number of hydrogen-bond donors (Lipinski definition) is 2. The van der Waals surface area contributed by atoms with Gasteiger partial charge in [-0.15, -0.1) is 0 Å². The van der Waals surface area contributed by atoms with E-state index in [-0.39, 0.29) is 23.8 Å². The maximum atomic E-state index is 12.7. The van der Waals surface area contributed by atoms with E-state index in [1.54, 1.807) is 37.4 Å². The second-order valence-corrected chi connectivity index (χ2v) is 7.15.